The van der Waals surface area contributed by atoms with Gasteiger partial charge in [0.1, 0.15) is 0 Å². The molecule has 0 aliphatic carbocycles. The van der Waals surface area contributed by atoms with Gasteiger partial charge >= 0.3 is 0 Å². The lowest BCUT2D eigenvalue weighted by Gasteiger charge is -2.07. The molecule has 0 saturated carbocycles. The molecule has 1 fully saturated rings. The van der Waals surface area contributed by atoms with E-state index in [2.05, 4.69) is 53.6 Å². The van der Waals surface area contributed by atoms with Crippen molar-refractivity contribution in [2.24, 2.45) is 5.92 Å². The molecule has 1 aromatic heterocycles. The molecule has 2 atom stereocenters. The van der Waals surface area contributed by atoms with Crippen molar-refractivity contribution < 1.29 is 4.52 Å². The van der Waals surface area contributed by atoms with Crippen LogP contribution in [0.25, 0.3) is 11.4 Å². The Morgan fingerprint density at radius 3 is 2.68 bits per heavy atom. The van der Waals surface area contributed by atoms with Gasteiger partial charge in [0.2, 0.25) is 11.7 Å². The third-order valence-electron chi connectivity index (χ3n) is 3.90. The molecule has 3 rings (SSSR count). The van der Waals surface area contributed by atoms with Crippen LogP contribution >= 0.6 is 0 Å². The van der Waals surface area contributed by atoms with Crippen LogP contribution in [0, 0.1) is 5.92 Å². The van der Waals surface area contributed by atoms with Gasteiger partial charge in [-0.1, -0.05) is 43.3 Å². The molecule has 1 aliphatic heterocycles. The second-order valence-electron chi connectivity index (χ2n) is 5.25. The average molecular weight is 257 g/mol. The van der Waals surface area contributed by atoms with Crippen molar-refractivity contribution in [1.82, 2.24) is 15.5 Å². The maximum absolute atomic E-state index is 5.43. The van der Waals surface area contributed by atoms with E-state index in [1.165, 1.54) is 5.56 Å². The SMILES string of the molecule is CCc1ccc(-c2noc([C@@H]3CNC[C@H]3C)n2)cc1. The average Bonchev–Trinajstić information content (AvgIpc) is 3.07. The Morgan fingerprint density at radius 1 is 1.26 bits per heavy atom. The Kier molecular flexibility index (Phi) is 3.34. The third-order valence-corrected chi connectivity index (χ3v) is 3.90. The molecule has 1 aromatic carbocycles. The van der Waals surface area contributed by atoms with Gasteiger partial charge in [-0.3, -0.25) is 0 Å². The summed E-state index contributed by atoms with van der Waals surface area (Å²) in [6.45, 7) is 6.31. The van der Waals surface area contributed by atoms with Gasteiger partial charge in [0.05, 0.1) is 5.92 Å². The van der Waals surface area contributed by atoms with Crippen molar-refractivity contribution in [3.05, 3.63) is 35.7 Å². The number of hydrogen-bond donors (Lipinski definition) is 1. The molecule has 1 N–H and O–H groups in total. The number of rotatable bonds is 3. The van der Waals surface area contributed by atoms with Crippen LogP contribution in [0.1, 0.15) is 31.2 Å². The van der Waals surface area contributed by atoms with Crippen LogP contribution in [0.3, 0.4) is 0 Å². The highest BCUT2D eigenvalue weighted by Gasteiger charge is 2.29. The minimum absolute atomic E-state index is 0.344. The van der Waals surface area contributed by atoms with Gasteiger partial charge < -0.3 is 9.84 Å². The van der Waals surface area contributed by atoms with Crippen LogP contribution in [0.15, 0.2) is 28.8 Å². The fourth-order valence-corrected chi connectivity index (χ4v) is 2.53. The fourth-order valence-electron chi connectivity index (χ4n) is 2.53. The van der Waals surface area contributed by atoms with Crippen LogP contribution in [0.2, 0.25) is 0 Å². The van der Waals surface area contributed by atoms with Crippen molar-refractivity contribution in [2.45, 2.75) is 26.2 Å². The van der Waals surface area contributed by atoms with Crippen LogP contribution < -0.4 is 5.32 Å². The summed E-state index contributed by atoms with van der Waals surface area (Å²) in [5.74, 6) is 2.34. The first kappa shape index (κ1) is 12.4. The van der Waals surface area contributed by atoms with Crippen molar-refractivity contribution in [1.29, 1.82) is 0 Å². The zero-order valence-electron chi connectivity index (χ0n) is 11.4. The van der Waals surface area contributed by atoms with Crippen LogP contribution in [0.5, 0.6) is 0 Å². The van der Waals surface area contributed by atoms with Gasteiger partial charge in [-0.05, 0) is 24.4 Å². The Balaban J connectivity index is 1.83. The lowest BCUT2D eigenvalue weighted by Crippen LogP contribution is -2.08. The zero-order chi connectivity index (χ0) is 13.2. The van der Waals surface area contributed by atoms with Crippen molar-refractivity contribution in [2.75, 3.05) is 13.1 Å². The van der Waals surface area contributed by atoms with E-state index in [4.69, 9.17) is 4.52 Å². The summed E-state index contributed by atoms with van der Waals surface area (Å²) in [7, 11) is 0. The van der Waals surface area contributed by atoms with E-state index in [1.807, 2.05) is 0 Å². The first-order valence-corrected chi connectivity index (χ1v) is 6.91. The summed E-state index contributed by atoms with van der Waals surface area (Å²) >= 11 is 0. The number of nitrogens with one attached hydrogen (secondary N) is 1. The van der Waals surface area contributed by atoms with E-state index < -0.39 is 0 Å². The van der Waals surface area contributed by atoms with Crippen molar-refractivity contribution in [3.63, 3.8) is 0 Å². The highest BCUT2D eigenvalue weighted by Crippen LogP contribution is 2.28. The molecule has 0 bridgehead atoms. The monoisotopic (exact) mass is 257 g/mol. The van der Waals surface area contributed by atoms with Gasteiger partial charge in [0.25, 0.3) is 0 Å². The van der Waals surface area contributed by atoms with Gasteiger partial charge in [-0.2, -0.15) is 4.98 Å². The maximum Gasteiger partial charge on any atom is 0.231 e. The molecule has 100 valence electrons. The molecule has 0 unspecified atom stereocenters. The lowest BCUT2D eigenvalue weighted by molar-refractivity contribution is 0.340. The highest BCUT2D eigenvalue weighted by atomic mass is 16.5. The molecule has 2 aromatic rings. The third kappa shape index (κ3) is 2.40. The lowest BCUT2D eigenvalue weighted by atomic mass is 9.98. The molecular weight excluding hydrogens is 238 g/mol. The number of aromatic nitrogens is 2. The summed E-state index contributed by atoms with van der Waals surface area (Å²) in [6, 6.07) is 8.35. The molecule has 19 heavy (non-hydrogen) atoms. The second-order valence-corrected chi connectivity index (χ2v) is 5.25. The Hall–Kier alpha value is -1.68. The Bertz CT molecular complexity index is 547. The second kappa shape index (κ2) is 5.13. The van der Waals surface area contributed by atoms with E-state index >= 15 is 0 Å². The summed E-state index contributed by atoms with van der Waals surface area (Å²) in [5.41, 5.74) is 2.34. The van der Waals surface area contributed by atoms with Gasteiger partial charge in [-0.25, -0.2) is 0 Å². The molecule has 0 amide bonds. The first-order valence-electron chi connectivity index (χ1n) is 6.91. The van der Waals surface area contributed by atoms with Crippen LogP contribution in [0.4, 0.5) is 0 Å². The smallest absolute Gasteiger partial charge is 0.231 e. The first-order chi connectivity index (χ1) is 9.28. The number of benzene rings is 1. The quantitative estimate of drug-likeness (QED) is 0.918. The van der Waals surface area contributed by atoms with Crippen LogP contribution in [-0.2, 0) is 6.42 Å². The number of hydrogen-bond acceptors (Lipinski definition) is 4. The minimum atomic E-state index is 0.344. The molecular formula is C15H19N3O. The Labute approximate surface area is 113 Å². The number of nitrogens with zero attached hydrogens (tertiary/aromatic N) is 2. The van der Waals surface area contributed by atoms with Crippen molar-refractivity contribution in [3.8, 4) is 11.4 Å². The normalized spacial score (nSPS) is 22.8. The summed E-state index contributed by atoms with van der Waals surface area (Å²) in [6.07, 6.45) is 1.04. The summed E-state index contributed by atoms with van der Waals surface area (Å²) in [4.78, 5) is 4.55. The van der Waals surface area contributed by atoms with Gasteiger partial charge in [0.15, 0.2) is 0 Å². The largest absolute Gasteiger partial charge is 0.339 e. The van der Waals surface area contributed by atoms with Crippen molar-refractivity contribution >= 4 is 0 Å². The topological polar surface area (TPSA) is 51.0 Å². The van der Waals surface area contributed by atoms with E-state index in [0.29, 0.717) is 17.7 Å². The van der Waals surface area contributed by atoms with E-state index in [0.717, 1.165) is 31.0 Å². The van der Waals surface area contributed by atoms with Crippen LogP contribution in [-0.4, -0.2) is 23.2 Å². The molecule has 1 aliphatic rings. The van der Waals surface area contributed by atoms with Gasteiger partial charge in [-0.15, -0.1) is 0 Å². The van der Waals surface area contributed by atoms with E-state index in [1.54, 1.807) is 0 Å². The van der Waals surface area contributed by atoms with E-state index in [-0.39, 0.29) is 0 Å². The predicted molar refractivity (Wildman–Crippen MR) is 73.9 cm³/mol. The van der Waals surface area contributed by atoms with Gasteiger partial charge in [0, 0.05) is 12.1 Å². The molecule has 4 heteroatoms. The molecule has 0 radical (unpaired) electrons. The zero-order valence-corrected chi connectivity index (χ0v) is 11.4. The molecule has 2 heterocycles. The molecule has 4 nitrogen and oxygen atoms in total. The Morgan fingerprint density at radius 2 is 2.05 bits per heavy atom. The number of aryl methyl sites for hydroxylation is 1. The minimum Gasteiger partial charge on any atom is -0.339 e. The maximum atomic E-state index is 5.43. The standard InChI is InChI=1S/C15H19N3O/c1-3-11-4-6-12(7-5-11)14-17-15(19-18-14)13-9-16-8-10(13)2/h4-7,10,13,16H,3,8-9H2,1-2H3/t10-,13-/m1/s1. The highest BCUT2D eigenvalue weighted by molar-refractivity contribution is 5.54. The summed E-state index contributed by atoms with van der Waals surface area (Å²) in [5, 5.41) is 7.46. The fraction of sp³-hybridized carbons (Fsp3) is 0.467. The molecule has 1 saturated heterocycles. The molecule has 0 spiro atoms. The predicted octanol–water partition coefficient (Wildman–Crippen LogP) is 2.62. The summed E-state index contributed by atoms with van der Waals surface area (Å²) < 4.78 is 5.43. The van der Waals surface area contributed by atoms with E-state index in [9.17, 15) is 0 Å².